The third-order valence-corrected chi connectivity index (χ3v) is 3.30. The van der Waals surface area contributed by atoms with Gasteiger partial charge in [-0.2, -0.15) is 0 Å². The van der Waals surface area contributed by atoms with Crippen LogP contribution in [0.3, 0.4) is 0 Å². The van der Waals surface area contributed by atoms with E-state index >= 15 is 0 Å². The van der Waals surface area contributed by atoms with Crippen LogP contribution >= 0.6 is 0 Å². The Morgan fingerprint density at radius 1 is 1.45 bits per heavy atom. The van der Waals surface area contributed by atoms with Gasteiger partial charge in [0.1, 0.15) is 0 Å². The summed E-state index contributed by atoms with van der Waals surface area (Å²) in [5, 5.41) is 9.52. The van der Waals surface area contributed by atoms with Gasteiger partial charge in [0.2, 0.25) is 0 Å². The molecule has 2 saturated heterocycles. The van der Waals surface area contributed by atoms with Gasteiger partial charge in [-0.05, 0) is 26.3 Å². The Labute approximate surface area is 67.2 Å². The second-order valence-corrected chi connectivity index (χ2v) is 3.84. The predicted molar refractivity (Wildman–Crippen MR) is 43.2 cm³/mol. The fraction of sp³-hybridized carbons (Fsp3) is 1.00. The molecule has 0 aromatic carbocycles. The zero-order valence-corrected chi connectivity index (χ0v) is 6.90. The van der Waals surface area contributed by atoms with Crippen LogP contribution in [0, 0.1) is 0 Å². The molecule has 3 N–H and O–H groups in total. The molecule has 0 saturated carbocycles. The molecule has 3 heteroatoms. The molecule has 2 fully saturated rings. The van der Waals surface area contributed by atoms with Crippen LogP contribution in [0.15, 0.2) is 0 Å². The standard InChI is InChI=1S/C8H16N2O/c1-10-5-2-3-6(10)8(9)7(11)4-5/h5-8,11H,2-4,9H2,1H3/t5-,6+,7+,8+/m0/s1. The van der Waals surface area contributed by atoms with Gasteiger partial charge >= 0.3 is 0 Å². The quantitative estimate of drug-likeness (QED) is 0.499. The minimum absolute atomic E-state index is 0.0150. The molecule has 0 aromatic rings. The summed E-state index contributed by atoms with van der Waals surface area (Å²) < 4.78 is 0. The highest BCUT2D eigenvalue weighted by atomic mass is 16.3. The number of aliphatic hydroxyl groups excluding tert-OH is 1. The minimum atomic E-state index is -0.260. The van der Waals surface area contributed by atoms with Crippen molar-refractivity contribution in [1.29, 1.82) is 0 Å². The summed E-state index contributed by atoms with van der Waals surface area (Å²) in [7, 11) is 2.12. The number of nitrogens with zero attached hydrogens (tertiary/aromatic N) is 1. The lowest BCUT2D eigenvalue weighted by Gasteiger charge is -2.38. The second-order valence-electron chi connectivity index (χ2n) is 3.84. The SMILES string of the molecule is CN1[C@H]2CC[C@@H]1[C@@H](N)[C@H](O)C2. The van der Waals surface area contributed by atoms with Crippen LogP contribution in [0.2, 0.25) is 0 Å². The van der Waals surface area contributed by atoms with E-state index in [1.54, 1.807) is 0 Å². The fourth-order valence-electron chi connectivity index (χ4n) is 2.48. The van der Waals surface area contributed by atoms with Crippen LogP contribution in [0.5, 0.6) is 0 Å². The zero-order valence-electron chi connectivity index (χ0n) is 6.90. The van der Waals surface area contributed by atoms with Gasteiger partial charge in [0, 0.05) is 18.1 Å². The summed E-state index contributed by atoms with van der Waals surface area (Å²) in [4.78, 5) is 2.33. The van der Waals surface area contributed by atoms with E-state index < -0.39 is 0 Å². The number of hydrogen-bond donors (Lipinski definition) is 2. The Kier molecular flexibility index (Phi) is 1.67. The molecule has 0 radical (unpaired) electrons. The summed E-state index contributed by atoms with van der Waals surface area (Å²) in [5.41, 5.74) is 5.86. The number of rotatable bonds is 0. The second kappa shape index (κ2) is 2.44. The van der Waals surface area contributed by atoms with Crippen molar-refractivity contribution in [2.75, 3.05) is 7.05 Å². The highest BCUT2D eigenvalue weighted by Gasteiger charge is 2.42. The van der Waals surface area contributed by atoms with E-state index in [1.165, 1.54) is 12.8 Å². The maximum atomic E-state index is 9.52. The predicted octanol–water partition coefficient (Wildman–Crippen LogP) is -0.459. The van der Waals surface area contributed by atoms with Crippen LogP contribution in [-0.2, 0) is 0 Å². The topological polar surface area (TPSA) is 49.5 Å². The van der Waals surface area contributed by atoms with Crippen molar-refractivity contribution in [3.05, 3.63) is 0 Å². The Hall–Kier alpha value is -0.120. The van der Waals surface area contributed by atoms with E-state index in [4.69, 9.17) is 5.73 Å². The first kappa shape index (κ1) is 7.53. The Balaban J connectivity index is 2.16. The third kappa shape index (κ3) is 0.991. The molecule has 4 atom stereocenters. The Bertz CT molecular complexity index is 162. The normalized spacial score (nSPS) is 51.5. The first-order chi connectivity index (χ1) is 5.20. The summed E-state index contributed by atoms with van der Waals surface area (Å²) in [6, 6.07) is 1.01. The number of aliphatic hydroxyl groups is 1. The van der Waals surface area contributed by atoms with Gasteiger partial charge in [0.05, 0.1) is 6.10 Å². The smallest absolute Gasteiger partial charge is 0.0721 e. The largest absolute Gasteiger partial charge is 0.391 e. The van der Waals surface area contributed by atoms with Crippen LogP contribution in [-0.4, -0.2) is 41.3 Å². The van der Waals surface area contributed by atoms with E-state index in [9.17, 15) is 5.11 Å². The molecule has 3 nitrogen and oxygen atoms in total. The number of hydrogen-bond acceptors (Lipinski definition) is 3. The van der Waals surface area contributed by atoms with Crippen LogP contribution < -0.4 is 5.73 Å². The van der Waals surface area contributed by atoms with Crippen molar-refractivity contribution in [1.82, 2.24) is 4.90 Å². The van der Waals surface area contributed by atoms with E-state index in [0.717, 1.165) is 6.42 Å². The molecule has 0 unspecified atom stereocenters. The van der Waals surface area contributed by atoms with Gasteiger partial charge in [-0.1, -0.05) is 0 Å². The molecule has 0 spiro atoms. The molecule has 2 rings (SSSR count). The van der Waals surface area contributed by atoms with Crippen LogP contribution in [0.25, 0.3) is 0 Å². The van der Waals surface area contributed by atoms with Crippen molar-refractivity contribution < 1.29 is 5.11 Å². The first-order valence-electron chi connectivity index (χ1n) is 4.35. The lowest BCUT2D eigenvalue weighted by molar-refractivity contribution is 0.0301. The lowest BCUT2D eigenvalue weighted by atomic mass is 9.96. The van der Waals surface area contributed by atoms with Crippen LogP contribution in [0.1, 0.15) is 19.3 Å². The van der Waals surface area contributed by atoms with Crippen molar-refractivity contribution in [2.24, 2.45) is 5.73 Å². The van der Waals surface area contributed by atoms with E-state index in [-0.39, 0.29) is 12.1 Å². The molecule has 2 heterocycles. The summed E-state index contributed by atoms with van der Waals surface area (Å²) in [5.74, 6) is 0. The monoisotopic (exact) mass is 156 g/mol. The number of likely N-dealkylation sites (N-methyl/N-ethyl adjacent to an activating group) is 1. The molecule has 11 heavy (non-hydrogen) atoms. The van der Waals surface area contributed by atoms with Crippen LogP contribution in [0.4, 0.5) is 0 Å². The Morgan fingerprint density at radius 3 is 2.91 bits per heavy atom. The summed E-state index contributed by atoms with van der Waals surface area (Å²) >= 11 is 0. The molecule has 0 aliphatic carbocycles. The van der Waals surface area contributed by atoms with Gasteiger partial charge in [-0.3, -0.25) is 4.90 Å². The van der Waals surface area contributed by atoms with Gasteiger partial charge in [0.15, 0.2) is 0 Å². The third-order valence-electron chi connectivity index (χ3n) is 3.30. The maximum absolute atomic E-state index is 9.52. The molecule has 64 valence electrons. The molecule has 2 aliphatic heterocycles. The lowest BCUT2D eigenvalue weighted by Crippen LogP contribution is -2.56. The van der Waals surface area contributed by atoms with Crippen molar-refractivity contribution >= 4 is 0 Å². The van der Waals surface area contributed by atoms with E-state index in [1.807, 2.05) is 0 Å². The minimum Gasteiger partial charge on any atom is -0.391 e. The van der Waals surface area contributed by atoms with Crippen molar-refractivity contribution in [3.63, 3.8) is 0 Å². The molecule has 0 amide bonds. The molecular weight excluding hydrogens is 140 g/mol. The number of piperidine rings is 1. The highest BCUT2D eigenvalue weighted by molar-refractivity contribution is 5.00. The Morgan fingerprint density at radius 2 is 2.18 bits per heavy atom. The molecule has 2 aliphatic rings. The maximum Gasteiger partial charge on any atom is 0.0721 e. The first-order valence-corrected chi connectivity index (χ1v) is 4.35. The summed E-state index contributed by atoms with van der Waals surface area (Å²) in [6.45, 7) is 0. The molecular formula is C8H16N2O. The van der Waals surface area contributed by atoms with E-state index in [2.05, 4.69) is 11.9 Å². The number of nitrogens with two attached hydrogens (primary N) is 1. The highest BCUT2D eigenvalue weighted by Crippen LogP contribution is 2.33. The van der Waals surface area contributed by atoms with Gasteiger partial charge in [0.25, 0.3) is 0 Å². The van der Waals surface area contributed by atoms with Gasteiger partial charge in [-0.15, -0.1) is 0 Å². The number of fused-ring (bicyclic) bond motifs is 2. The van der Waals surface area contributed by atoms with Gasteiger partial charge in [-0.25, -0.2) is 0 Å². The average Bonchev–Trinajstić information content (AvgIpc) is 2.23. The van der Waals surface area contributed by atoms with Crippen molar-refractivity contribution in [2.45, 2.75) is 43.5 Å². The van der Waals surface area contributed by atoms with E-state index in [0.29, 0.717) is 12.1 Å². The van der Waals surface area contributed by atoms with Gasteiger partial charge < -0.3 is 10.8 Å². The molecule has 2 bridgehead atoms. The average molecular weight is 156 g/mol. The fourth-order valence-corrected chi connectivity index (χ4v) is 2.48. The molecule has 0 aromatic heterocycles. The zero-order chi connectivity index (χ0) is 8.01. The summed E-state index contributed by atoms with van der Waals surface area (Å²) in [6.07, 6.45) is 2.99. The van der Waals surface area contributed by atoms with Crippen molar-refractivity contribution in [3.8, 4) is 0 Å².